The minimum absolute atomic E-state index is 0.468. The zero-order valence-electron chi connectivity index (χ0n) is 10.5. The van der Waals surface area contributed by atoms with E-state index in [9.17, 15) is 0 Å². The molecule has 2 aliphatic rings. The molecule has 0 spiro atoms. The van der Waals surface area contributed by atoms with Gasteiger partial charge < -0.3 is 10.1 Å². The molecule has 0 bridgehead atoms. The molecule has 0 aromatic heterocycles. The molecule has 1 aliphatic heterocycles. The first-order chi connectivity index (χ1) is 7.85. The van der Waals surface area contributed by atoms with E-state index in [1.807, 2.05) is 0 Å². The quantitative estimate of drug-likeness (QED) is 0.802. The maximum atomic E-state index is 5.50. The lowest BCUT2D eigenvalue weighted by Crippen LogP contribution is -2.45. The first-order valence-electron chi connectivity index (χ1n) is 6.80. The van der Waals surface area contributed by atoms with Crippen molar-refractivity contribution in [2.45, 2.75) is 56.2 Å². The van der Waals surface area contributed by atoms with Gasteiger partial charge in [0.2, 0.25) is 0 Å². The summed E-state index contributed by atoms with van der Waals surface area (Å²) in [4.78, 5) is 0. The maximum absolute atomic E-state index is 5.50. The highest BCUT2D eigenvalue weighted by Crippen LogP contribution is 2.35. The Morgan fingerprint density at radius 1 is 1.25 bits per heavy atom. The highest BCUT2D eigenvalue weighted by molar-refractivity contribution is 8.00. The average molecular weight is 243 g/mol. The molecule has 0 aromatic rings. The molecule has 16 heavy (non-hydrogen) atoms. The third-order valence-electron chi connectivity index (χ3n) is 3.92. The van der Waals surface area contributed by atoms with Crippen LogP contribution in [0.1, 0.15) is 45.4 Å². The molecule has 2 fully saturated rings. The van der Waals surface area contributed by atoms with Crippen LogP contribution in [0.5, 0.6) is 0 Å². The van der Waals surface area contributed by atoms with Gasteiger partial charge >= 0.3 is 0 Å². The summed E-state index contributed by atoms with van der Waals surface area (Å²) < 4.78 is 5.97. The second-order valence-corrected chi connectivity index (χ2v) is 6.82. The number of rotatable bonds is 5. The molecule has 0 radical (unpaired) electrons. The monoisotopic (exact) mass is 243 g/mol. The van der Waals surface area contributed by atoms with Gasteiger partial charge in [-0.15, -0.1) is 0 Å². The molecule has 1 saturated carbocycles. The first-order valence-corrected chi connectivity index (χ1v) is 7.78. The predicted molar refractivity (Wildman–Crippen MR) is 71.2 cm³/mol. The van der Waals surface area contributed by atoms with Gasteiger partial charge in [0.1, 0.15) is 0 Å². The number of hydrogen-bond donors (Lipinski definition) is 1. The van der Waals surface area contributed by atoms with Gasteiger partial charge in [0, 0.05) is 30.5 Å². The summed E-state index contributed by atoms with van der Waals surface area (Å²) in [6.45, 7) is 5.38. The highest BCUT2D eigenvalue weighted by atomic mass is 32.2. The molecule has 2 nitrogen and oxygen atoms in total. The van der Waals surface area contributed by atoms with Crippen LogP contribution in [0, 0.1) is 0 Å². The van der Waals surface area contributed by atoms with Gasteiger partial charge in [0.05, 0.1) is 0 Å². The zero-order chi connectivity index (χ0) is 11.3. The van der Waals surface area contributed by atoms with E-state index < -0.39 is 0 Å². The fourth-order valence-corrected chi connectivity index (χ4v) is 4.14. The van der Waals surface area contributed by atoms with E-state index >= 15 is 0 Å². The van der Waals surface area contributed by atoms with Crippen molar-refractivity contribution in [2.75, 3.05) is 25.5 Å². The SMILES string of the molecule is CCSC1(CNC2CCCC2)CCOCC1. The third-order valence-corrected chi connectivity index (χ3v) is 5.38. The smallest absolute Gasteiger partial charge is 0.0479 e. The first kappa shape index (κ1) is 12.7. The fourth-order valence-electron chi connectivity index (χ4n) is 2.88. The molecule has 1 heterocycles. The molecule has 0 atom stereocenters. The van der Waals surface area contributed by atoms with Crippen molar-refractivity contribution >= 4 is 11.8 Å². The van der Waals surface area contributed by atoms with Crippen molar-refractivity contribution in [3.8, 4) is 0 Å². The van der Waals surface area contributed by atoms with Crippen molar-refractivity contribution < 1.29 is 4.74 Å². The van der Waals surface area contributed by atoms with Crippen LogP contribution >= 0.6 is 11.8 Å². The van der Waals surface area contributed by atoms with Crippen LogP contribution in [0.3, 0.4) is 0 Å². The lowest BCUT2D eigenvalue weighted by atomic mass is 9.98. The molecule has 1 N–H and O–H groups in total. The van der Waals surface area contributed by atoms with Crippen molar-refractivity contribution in [3.63, 3.8) is 0 Å². The van der Waals surface area contributed by atoms with E-state index in [0.29, 0.717) is 4.75 Å². The van der Waals surface area contributed by atoms with Crippen molar-refractivity contribution in [1.82, 2.24) is 5.32 Å². The largest absolute Gasteiger partial charge is 0.381 e. The van der Waals surface area contributed by atoms with Crippen LogP contribution in [0.25, 0.3) is 0 Å². The molecule has 0 unspecified atom stereocenters. The third kappa shape index (κ3) is 3.38. The van der Waals surface area contributed by atoms with Gasteiger partial charge in [-0.25, -0.2) is 0 Å². The van der Waals surface area contributed by atoms with E-state index in [1.165, 1.54) is 50.8 Å². The summed E-state index contributed by atoms with van der Waals surface area (Å²) in [5.41, 5.74) is 0. The number of ether oxygens (including phenoxy) is 1. The lowest BCUT2D eigenvalue weighted by Gasteiger charge is -2.37. The second-order valence-electron chi connectivity index (χ2n) is 5.09. The number of nitrogens with one attached hydrogen (secondary N) is 1. The summed E-state index contributed by atoms with van der Waals surface area (Å²) in [6.07, 6.45) is 8.09. The summed E-state index contributed by atoms with van der Waals surface area (Å²) in [7, 11) is 0. The van der Waals surface area contributed by atoms with Crippen LogP contribution in [0.4, 0.5) is 0 Å². The topological polar surface area (TPSA) is 21.3 Å². The standard InChI is InChI=1S/C13H25NOS/c1-2-16-13(7-9-15-10-8-13)11-14-12-5-3-4-6-12/h12,14H,2-11H2,1H3. The lowest BCUT2D eigenvalue weighted by molar-refractivity contribution is 0.0765. The van der Waals surface area contributed by atoms with Gasteiger partial charge in [-0.05, 0) is 31.4 Å². The summed E-state index contributed by atoms with van der Waals surface area (Å²) in [6, 6.07) is 0.803. The Morgan fingerprint density at radius 2 is 1.94 bits per heavy atom. The van der Waals surface area contributed by atoms with Gasteiger partial charge in [0.15, 0.2) is 0 Å². The number of thioether (sulfide) groups is 1. The van der Waals surface area contributed by atoms with E-state index in [2.05, 4.69) is 24.0 Å². The predicted octanol–water partition coefficient (Wildman–Crippen LogP) is 2.82. The van der Waals surface area contributed by atoms with E-state index in [-0.39, 0.29) is 0 Å². The average Bonchev–Trinajstić information content (AvgIpc) is 2.81. The molecule has 94 valence electrons. The van der Waals surface area contributed by atoms with Gasteiger partial charge in [-0.3, -0.25) is 0 Å². The molecular formula is C13H25NOS. The van der Waals surface area contributed by atoms with E-state index in [1.54, 1.807) is 0 Å². The molecule has 3 heteroatoms. The Kier molecular flexibility index (Phi) is 4.98. The molecule has 2 rings (SSSR count). The minimum atomic E-state index is 0.468. The molecule has 1 aliphatic carbocycles. The van der Waals surface area contributed by atoms with Crippen molar-refractivity contribution in [1.29, 1.82) is 0 Å². The Bertz CT molecular complexity index is 193. The van der Waals surface area contributed by atoms with Crippen LogP contribution in [0.2, 0.25) is 0 Å². The minimum Gasteiger partial charge on any atom is -0.381 e. The van der Waals surface area contributed by atoms with Gasteiger partial charge in [-0.1, -0.05) is 19.8 Å². The number of hydrogen-bond acceptors (Lipinski definition) is 3. The Labute approximate surface area is 104 Å². The molecule has 1 saturated heterocycles. The zero-order valence-corrected chi connectivity index (χ0v) is 11.3. The normalized spacial score (nSPS) is 26.1. The Balaban J connectivity index is 1.80. The Hall–Kier alpha value is 0.270. The van der Waals surface area contributed by atoms with Crippen molar-refractivity contribution in [3.05, 3.63) is 0 Å². The highest BCUT2D eigenvalue weighted by Gasteiger charge is 2.33. The summed E-state index contributed by atoms with van der Waals surface area (Å²) >= 11 is 2.14. The van der Waals surface area contributed by atoms with Gasteiger partial charge in [0.25, 0.3) is 0 Å². The van der Waals surface area contributed by atoms with E-state index in [0.717, 1.165) is 19.3 Å². The second kappa shape index (κ2) is 6.27. The van der Waals surface area contributed by atoms with Crippen LogP contribution in [-0.2, 0) is 4.74 Å². The summed E-state index contributed by atoms with van der Waals surface area (Å²) in [5.74, 6) is 1.23. The van der Waals surface area contributed by atoms with Gasteiger partial charge in [-0.2, -0.15) is 11.8 Å². The van der Waals surface area contributed by atoms with Crippen LogP contribution in [0.15, 0.2) is 0 Å². The Morgan fingerprint density at radius 3 is 2.56 bits per heavy atom. The van der Waals surface area contributed by atoms with E-state index in [4.69, 9.17) is 4.74 Å². The molecular weight excluding hydrogens is 218 g/mol. The fraction of sp³-hybridized carbons (Fsp3) is 1.00. The van der Waals surface area contributed by atoms with Crippen LogP contribution in [-0.4, -0.2) is 36.3 Å². The van der Waals surface area contributed by atoms with Crippen LogP contribution < -0.4 is 5.32 Å². The maximum Gasteiger partial charge on any atom is 0.0479 e. The molecule has 0 aromatic carbocycles. The summed E-state index contributed by atoms with van der Waals surface area (Å²) in [5, 5.41) is 3.80. The van der Waals surface area contributed by atoms with Crippen molar-refractivity contribution in [2.24, 2.45) is 0 Å². The molecule has 0 amide bonds.